The van der Waals surface area contributed by atoms with Gasteiger partial charge in [0.25, 0.3) is 11.4 Å². The molecule has 0 fully saturated rings. The number of nitrogens with zero attached hydrogens (tertiary/aromatic N) is 4. The molecule has 0 spiro atoms. The van der Waals surface area contributed by atoms with Gasteiger partial charge in [0.2, 0.25) is 16.5 Å². The van der Waals surface area contributed by atoms with E-state index in [1.807, 2.05) is 48.8 Å². The van der Waals surface area contributed by atoms with Gasteiger partial charge in [0, 0.05) is 59.5 Å². The first kappa shape index (κ1) is 38.5. The van der Waals surface area contributed by atoms with Crippen molar-refractivity contribution < 1.29 is 33.8 Å². The minimum Gasteiger partial charge on any atom is -0.497 e. The van der Waals surface area contributed by atoms with Crippen LogP contribution in [0.25, 0.3) is 12.2 Å². The number of nitro benzene ring substituents is 2. The highest BCUT2D eigenvalue weighted by Gasteiger charge is 2.46. The Bertz CT molecular complexity index is 2410. The molecule has 286 valence electrons. The predicted octanol–water partition coefficient (Wildman–Crippen LogP) is 4.77. The average Bonchev–Trinajstić information content (AvgIpc) is 3.48. The molecule has 2 aliphatic heterocycles. The number of unbranched alkanes of at least 4 members (excludes halogenated alkanes) is 2. The summed E-state index contributed by atoms with van der Waals surface area (Å²) in [5, 5.41) is 32.6. The van der Waals surface area contributed by atoms with E-state index in [9.17, 15) is 34.6 Å². The summed E-state index contributed by atoms with van der Waals surface area (Å²) in [6.45, 7) is 8.54. The monoisotopic (exact) mass is 751 g/mol. The van der Waals surface area contributed by atoms with E-state index in [1.165, 1.54) is 19.2 Å². The number of nitro groups is 2. The van der Waals surface area contributed by atoms with Crippen LogP contribution in [0.2, 0.25) is 0 Å². The maximum absolute atomic E-state index is 14.0. The van der Waals surface area contributed by atoms with Gasteiger partial charge in [-0.1, -0.05) is 20.3 Å². The third-order valence-corrected chi connectivity index (χ3v) is 11.0. The van der Waals surface area contributed by atoms with Gasteiger partial charge in [-0.2, -0.15) is 4.58 Å². The fourth-order valence-electron chi connectivity index (χ4n) is 7.96. The zero-order chi connectivity index (χ0) is 40.0. The van der Waals surface area contributed by atoms with Crippen LogP contribution in [-0.4, -0.2) is 58.0 Å². The number of non-ortho nitro benzene ring substituents is 2. The van der Waals surface area contributed by atoms with Gasteiger partial charge < -0.3 is 19.5 Å². The second-order valence-corrected chi connectivity index (χ2v) is 15.1. The number of ether oxygens (including phenoxy) is 2. The highest BCUT2D eigenvalue weighted by Crippen LogP contribution is 2.47. The van der Waals surface area contributed by atoms with E-state index >= 15 is 0 Å². The molecule has 14 nitrogen and oxygen atoms in total. The molecule has 0 bridgehead atoms. The third-order valence-electron chi connectivity index (χ3n) is 11.0. The molecule has 0 aromatic heterocycles. The number of benzene rings is 3. The van der Waals surface area contributed by atoms with Gasteiger partial charge in [-0.15, -0.1) is 0 Å². The molecule has 1 unspecified atom stereocenters. The second-order valence-electron chi connectivity index (χ2n) is 15.1. The molecule has 4 aromatic rings. The molecule has 2 aliphatic rings. The molecule has 1 N–H and O–H groups in total. The van der Waals surface area contributed by atoms with Gasteiger partial charge in [-0.3, -0.25) is 34.6 Å². The quantitative estimate of drug-likeness (QED) is 0.0811. The van der Waals surface area contributed by atoms with Crippen LogP contribution in [0, 0.1) is 20.2 Å². The molecule has 55 heavy (non-hydrogen) atoms. The molecule has 4 aromatic carbocycles. The van der Waals surface area contributed by atoms with E-state index in [1.54, 1.807) is 25.3 Å². The fraction of sp³-hybridized carbons (Fsp3) is 0.366. The van der Waals surface area contributed by atoms with Crippen molar-refractivity contribution in [3.63, 3.8) is 0 Å². The lowest BCUT2D eigenvalue weighted by Crippen LogP contribution is -2.66. The molecule has 1 atom stereocenters. The van der Waals surface area contributed by atoms with Gasteiger partial charge in [-0.05, 0) is 68.7 Å². The van der Waals surface area contributed by atoms with E-state index < -0.39 is 48.9 Å². The largest absolute Gasteiger partial charge is 0.497 e. The van der Waals surface area contributed by atoms with Gasteiger partial charge in [0.15, 0.2) is 12.3 Å². The van der Waals surface area contributed by atoms with Crippen LogP contribution in [0.15, 0.2) is 64.2 Å². The number of carbonyl (C=O) groups is 1. The van der Waals surface area contributed by atoms with Crippen molar-refractivity contribution in [2.45, 2.75) is 76.8 Å². The lowest BCUT2D eigenvalue weighted by molar-refractivity contribution is -0.454. The maximum Gasteiger partial charge on any atom is 0.303 e. The number of methoxy groups -OCH3 is 2. The number of hydrogen-bond acceptors (Lipinski definition) is 10. The van der Waals surface area contributed by atoms with Gasteiger partial charge in [0.05, 0.1) is 52.0 Å². The topological polar surface area (TPSA) is 182 Å². The molecule has 0 aliphatic carbocycles. The van der Waals surface area contributed by atoms with Crippen molar-refractivity contribution in [2.24, 2.45) is 0 Å². The Morgan fingerprint density at radius 2 is 1.45 bits per heavy atom. The van der Waals surface area contributed by atoms with Crippen LogP contribution in [0.1, 0.15) is 70.1 Å². The minimum absolute atomic E-state index is 0.0145. The summed E-state index contributed by atoms with van der Waals surface area (Å²) in [6, 6.07) is 14.3. The van der Waals surface area contributed by atoms with Crippen LogP contribution >= 0.6 is 0 Å². The summed E-state index contributed by atoms with van der Waals surface area (Å²) in [5.41, 5.74) is 1.32. The van der Waals surface area contributed by atoms with Crippen molar-refractivity contribution >= 4 is 46.6 Å². The first-order valence-electron chi connectivity index (χ1n) is 18.0. The van der Waals surface area contributed by atoms with Crippen molar-refractivity contribution in [3.8, 4) is 11.5 Å². The van der Waals surface area contributed by atoms with Crippen LogP contribution in [0.4, 0.5) is 22.7 Å². The van der Waals surface area contributed by atoms with Crippen LogP contribution in [-0.2, 0) is 22.2 Å². The van der Waals surface area contributed by atoms with Crippen LogP contribution in [0.3, 0.4) is 0 Å². The highest BCUT2D eigenvalue weighted by molar-refractivity contribution is 6.15. The standard InChI is InChI=1S/C41H42N4O10/c1-40(2)31-19-27(54-5)11-13-33(31)42(15-9-7-8-10-37(46)47)35(40)21-29-38(48)30(39(29)49)22-36-41(3,4)32-20-28(55-6)12-14-34(32)43(36)23-24-16-25(44(50)51)18-26(17-24)45(52)53/h11-14,16-22,35H,7-10,15,23H2,1-6H3/p+1. The lowest BCUT2D eigenvalue weighted by atomic mass is 9.79. The SMILES string of the molecule is COc1ccc2c(c1)C(C)(C)C(C=c1c(=O)c(=CC3N(CCCCCC(=O)O)c4ccc(OC)cc4C3(C)C)c1=O)=[N+]2Cc1cc([N+](=O)[O-])cc([N+](=O)[O-])c1. The van der Waals surface area contributed by atoms with E-state index in [2.05, 4.69) is 18.7 Å². The third kappa shape index (κ3) is 6.99. The number of aliphatic carboxylic acids is 1. The molecule has 0 saturated carbocycles. The molecule has 14 heteroatoms. The maximum atomic E-state index is 14.0. The normalized spacial score (nSPS) is 16.5. The van der Waals surface area contributed by atoms with Gasteiger partial charge in [0.1, 0.15) is 11.5 Å². The highest BCUT2D eigenvalue weighted by atomic mass is 16.6. The molecular weight excluding hydrogens is 708 g/mol. The Kier molecular flexibility index (Phi) is 10.2. The van der Waals surface area contributed by atoms with Gasteiger partial charge in [-0.25, -0.2) is 0 Å². The number of carboxylic acid groups (broad SMARTS) is 1. The van der Waals surface area contributed by atoms with E-state index in [0.29, 0.717) is 54.3 Å². The summed E-state index contributed by atoms with van der Waals surface area (Å²) in [4.78, 5) is 63.4. The summed E-state index contributed by atoms with van der Waals surface area (Å²) in [7, 11) is 3.13. The van der Waals surface area contributed by atoms with Gasteiger partial charge >= 0.3 is 5.97 Å². The first-order valence-corrected chi connectivity index (χ1v) is 18.0. The first-order chi connectivity index (χ1) is 26.0. The van der Waals surface area contributed by atoms with E-state index in [-0.39, 0.29) is 29.4 Å². The van der Waals surface area contributed by atoms with Crippen molar-refractivity contribution in [1.82, 2.24) is 0 Å². The molecule has 0 saturated heterocycles. The van der Waals surface area contributed by atoms with Crippen molar-refractivity contribution in [3.05, 3.63) is 122 Å². The van der Waals surface area contributed by atoms with E-state index in [4.69, 9.17) is 14.6 Å². The number of carboxylic acids is 1. The molecule has 6 rings (SSSR count). The Morgan fingerprint density at radius 1 is 0.855 bits per heavy atom. The molecule has 0 radical (unpaired) electrons. The predicted molar refractivity (Wildman–Crippen MR) is 207 cm³/mol. The number of hydrogen-bond donors (Lipinski definition) is 1. The molecule has 2 heterocycles. The van der Waals surface area contributed by atoms with Crippen molar-refractivity contribution in [1.29, 1.82) is 0 Å². The zero-order valence-electron chi connectivity index (χ0n) is 31.6. The average molecular weight is 752 g/mol. The number of fused-ring (bicyclic) bond motifs is 2. The minimum atomic E-state index is -0.841. The van der Waals surface area contributed by atoms with Crippen molar-refractivity contribution in [2.75, 3.05) is 25.7 Å². The summed E-state index contributed by atoms with van der Waals surface area (Å²) in [6.07, 6.45) is 5.35. The number of anilines is 1. The Balaban J connectivity index is 1.46. The Labute approximate surface area is 316 Å². The second kappa shape index (κ2) is 14.6. The lowest BCUT2D eigenvalue weighted by Gasteiger charge is -2.32. The van der Waals surface area contributed by atoms with E-state index in [0.717, 1.165) is 22.9 Å². The Hall–Kier alpha value is -6.18. The Morgan fingerprint density at radius 3 is 2.04 bits per heavy atom. The summed E-state index contributed by atoms with van der Waals surface area (Å²) < 4.78 is 12.8. The zero-order valence-corrected chi connectivity index (χ0v) is 31.6. The summed E-state index contributed by atoms with van der Waals surface area (Å²) >= 11 is 0. The number of rotatable bonds is 14. The summed E-state index contributed by atoms with van der Waals surface area (Å²) in [5.74, 6) is 0.422. The van der Waals surface area contributed by atoms with Crippen LogP contribution in [0.5, 0.6) is 11.5 Å². The fourth-order valence-corrected chi connectivity index (χ4v) is 7.96. The molecule has 0 amide bonds. The smallest absolute Gasteiger partial charge is 0.303 e. The van der Waals surface area contributed by atoms with Crippen LogP contribution < -0.4 is 35.7 Å². The molecular formula is C41H43N4O10+.